The normalized spacial score (nSPS) is 21.7. The molecule has 1 aromatic carbocycles. The van der Waals surface area contributed by atoms with Crippen LogP contribution in [-0.2, 0) is 4.79 Å². The first kappa shape index (κ1) is 22.6. The van der Waals surface area contributed by atoms with Crippen LogP contribution in [0.5, 0.6) is 0 Å². The summed E-state index contributed by atoms with van der Waals surface area (Å²) in [7, 11) is 0. The third-order valence-corrected chi connectivity index (χ3v) is 8.24. The van der Waals surface area contributed by atoms with Crippen molar-refractivity contribution in [3.05, 3.63) is 54.4 Å². The highest BCUT2D eigenvalue weighted by Gasteiger charge is 2.34. The molecule has 35 heavy (non-hydrogen) atoms. The number of hydrogen-bond donors (Lipinski definition) is 0. The Bertz CT molecular complexity index is 1190. The van der Waals surface area contributed by atoms with Crippen LogP contribution in [0, 0.1) is 5.92 Å². The zero-order valence-electron chi connectivity index (χ0n) is 21.1. The summed E-state index contributed by atoms with van der Waals surface area (Å²) in [6.07, 6.45) is 8.75. The largest absolute Gasteiger partial charge is 0.366 e. The first-order valence-corrected chi connectivity index (χ1v) is 13.4. The summed E-state index contributed by atoms with van der Waals surface area (Å²) in [6, 6.07) is 14.2. The van der Waals surface area contributed by atoms with E-state index in [4.69, 9.17) is 0 Å². The molecule has 0 radical (unpaired) electrons. The maximum atomic E-state index is 12.4. The molecule has 2 aromatic heterocycles. The summed E-state index contributed by atoms with van der Waals surface area (Å²) >= 11 is 0. The molecule has 2 aliphatic heterocycles. The second-order valence-electron chi connectivity index (χ2n) is 10.9. The van der Waals surface area contributed by atoms with Crippen molar-refractivity contribution < 1.29 is 4.79 Å². The maximum absolute atomic E-state index is 12.4. The average molecular weight is 472 g/mol. The predicted molar refractivity (Wildman–Crippen MR) is 141 cm³/mol. The van der Waals surface area contributed by atoms with E-state index >= 15 is 0 Å². The highest BCUT2D eigenvalue weighted by molar-refractivity contribution is 5.82. The van der Waals surface area contributed by atoms with Gasteiger partial charge in [-0.25, -0.2) is 4.52 Å². The van der Waals surface area contributed by atoms with Gasteiger partial charge in [-0.05, 0) is 75.3 Å². The quantitative estimate of drug-likeness (QED) is 0.544. The lowest BCUT2D eigenvalue weighted by Gasteiger charge is -2.36. The van der Waals surface area contributed by atoms with Crippen molar-refractivity contribution in [3.8, 4) is 11.1 Å². The SMILES string of the molecule is CC(C)N1CCC[C@H](c2ccc(-c3cc4c(N5CCN(C(=O)C6CC6)CC5)ccnn4c3)cc2)C1. The molecule has 3 aromatic rings. The molecule has 2 saturated heterocycles. The number of piperidine rings is 1. The van der Waals surface area contributed by atoms with Crippen LogP contribution in [0.3, 0.4) is 0 Å². The Kier molecular flexibility index (Phi) is 6.01. The van der Waals surface area contributed by atoms with Crippen LogP contribution in [-0.4, -0.2) is 70.6 Å². The Balaban J connectivity index is 1.18. The third kappa shape index (κ3) is 4.56. The van der Waals surface area contributed by atoms with Gasteiger partial charge in [0.1, 0.15) is 0 Å². The minimum absolute atomic E-state index is 0.306. The van der Waals surface area contributed by atoms with Crippen LogP contribution in [0.4, 0.5) is 5.69 Å². The van der Waals surface area contributed by atoms with Gasteiger partial charge in [0, 0.05) is 62.6 Å². The Morgan fingerprint density at radius 2 is 1.71 bits per heavy atom. The zero-order valence-corrected chi connectivity index (χ0v) is 21.1. The molecule has 1 aliphatic carbocycles. The van der Waals surface area contributed by atoms with Gasteiger partial charge in [0.2, 0.25) is 5.91 Å². The van der Waals surface area contributed by atoms with Crippen LogP contribution >= 0.6 is 0 Å². The Morgan fingerprint density at radius 1 is 0.943 bits per heavy atom. The van der Waals surface area contributed by atoms with Crippen LogP contribution in [0.1, 0.15) is 51.0 Å². The molecule has 6 heteroatoms. The number of amides is 1. The smallest absolute Gasteiger partial charge is 0.225 e. The van der Waals surface area contributed by atoms with Gasteiger partial charge >= 0.3 is 0 Å². The molecule has 1 amide bonds. The molecular formula is C29H37N5O. The molecule has 0 spiro atoms. The number of nitrogens with zero attached hydrogens (tertiary/aromatic N) is 5. The fourth-order valence-electron chi connectivity index (χ4n) is 5.88. The number of anilines is 1. The lowest BCUT2D eigenvalue weighted by molar-refractivity contribution is -0.132. The lowest BCUT2D eigenvalue weighted by Crippen LogP contribution is -2.49. The number of carbonyl (C=O) groups excluding carboxylic acids is 1. The van der Waals surface area contributed by atoms with E-state index in [1.165, 1.54) is 48.3 Å². The first-order valence-electron chi connectivity index (χ1n) is 13.4. The highest BCUT2D eigenvalue weighted by Crippen LogP contribution is 2.33. The summed E-state index contributed by atoms with van der Waals surface area (Å²) in [5.41, 5.74) is 6.24. The van der Waals surface area contributed by atoms with Crippen LogP contribution < -0.4 is 4.90 Å². The molecule has 4 heterocycles. The van der Waals surface area contributed by atoms with E-state index in [2.05, 4.69) is 76.2 Å². The molecule has 6 rings (SSSR count). The van der Waals surface area contributed by atoms with Gasteiger partial charge in [-0.3, -0.25) is 4.79 Å². The molecule has 0 unspecified atom stereocenters. The number of piperazine rings is 1. The van der Waals surface area contributed by atoms with E-state index in [1.807, 2.05) is 10.7 Å². The topological polar surface area (TPSA) is 44.1 Å². The Morgan fingerprint density at radius 3 is 2.43 bits per heavy atom. The second kappa shape index (κ2) is 9.30. The summed E-state index contributed by atoms with van der Waals surface area (Å²) < 4.78 is 2.00. The number of carbonyl (C=O) groups is 1. The van der Waals surface area contributed by atoms with Crippen molar-refractivity contribution in [3.63, 3.8) is 0 Å². The van der Waals surface area contributed by atoms with Crippen LogP contribution in [0.25, 0.3) is 16.6 Å². The number of benzene rings is 1. The molecule has 184 valence electrons. The van der Waals surface area contributed by atoms with Crippen LogP contribution in [0.15, 0.2) is 48.8 Å². The van der Waals surface area contributed by atoms with Crippen molar-refractivity contribution in [2.45, 2.75) is 51.5 Å². The maximum Gasteiger partial charge on any atom is 0.225 e. The average Bonchev–Trinajstić information content (AvgIpc) is 3.66. The second-order valence-corrected chi connectivity index (χ2v) is 10.9. The molecule has 0 N–H and O–H groups in total. The van der Waals surface area contributed by atoms with E-state index in [0.29, 0.717) is 23.8 Å². The lowest BCUT2D eigenvalue weighted by atomic mass is 9.89. The van der Waals surface area contributed by atoms with Gasteiger partial charge in [-0.2, -0.15) is 5.10 Å². The van der Waals surface area contributed by atoms with Gasteiger partial charge in [0.25, 0.3) is 0 Å². The first-order chi connectivity index (χ1) is 17.1. The van der Waals surface area contributed by atoms with E-state index in [1.54, 1.807) is 0 Å². The molecule has 1 saturated carbocycles. The van der Waals surface area contributed by atoms with Crippen molar-refractivity contribution in [1.29, 1.82) is 0 Å². The summed E-state index contributed by atoms with van der Waals surface area (Å²) in [5, 5.41) is 4.59. The van der Waals surface area contributed by atoms with Gasteiger partial charge < -0.3 is 14.7 Å². The summed E-state index contributed by atoms with van der Waals surface area (Å²) in [6.45, 7) is 10.4. The highest BCUT2D eigenvalue weighted by atomic mass is 16.2. The minimum atomic E-state index is 0.306. The molecule has 6 nitrogen and oxygen atoms in total. The minimum Gasteiger partial charge on any atom is -0.366 e. The number of fused-ring (bicyclic) bond motifs is 1. The number of rotatable bonds is 5. The van der Waals surface area contributed by atoms with E-state index < -0.39 is 0 Å². The van der Waals surface area contributed by atoms with Crippen LogP contribution in [0.2, 0.25) is 0 Å². The van der Waals surface area contributed by atoms with Crippen molar-refractivity contribution in [2.24, 2.45) is 5.92 Å². The summed E-state index contributed by atoms with van der Waals surface area (Å²) in [4.78, 5) is 19.5. The van der Waals surface area contributed by atoms with Gasteiger partial charge in [0.05, 0.1) is 11.2 Å². The standard InChI is InChI=1S/C29H37N5O/c1-21(2)33-13-3-4-25(19-33)22-5-7-23(8-6-22)26-18-28-27(11-12-30-34(28)20-26)31-14-16-32(17-15-31)29(35)24-9-10-24/h5-8,11-12,18,20-21,24-25H,3-4,9-10,13-17,19H2,1-2H3/t25-/m0/s1. The van der Waals surface area contributed by atoms with E-state index in [9.17, 15) is 4.79 Å². The molecule has 3 fully saturated rings. The fraction of sp³-hybridized carbons (Fsp3) is 0.517. The molecule has 0 bridgehead atoms. The number of likely N-dealkylation sites (tertiary alicyclic amines) is 1. The monoisotopic (exact) mass is 471 g/mol. The molecular weight excluding hydrogens is 434 g/mol. The number of hydrogen-bond acceptors (Lipinski definition) is 4. The fourth-order valence-corrected chi connectivity index (χ4v) is 5.88. The van der Waals surface area contributed by atoms with Gasteiger partial charge in [-0.15, -0.1) is 0 Å². The molecule has 1 atom stereocenters. The van der Waals surface area contributed by atoms with E-state index in [0.717, 1.165) is 44.5 Å². The van der Waals surface area contributed by atoms with Crippen molar-refractivity contribution in [1.82, 2.24) is 19.4 Å². The Hall–Kier alpha value is -2.86. The molecule has 3 aliphatic rings. The van der Waals surface area contributed by atoms with Gasteiger partial charge in [-0.1, -0.05) is 24.3 Å². The zero-order chi connectivity index (χ0) is 23.9. The number of aromatic nitrogens is 2. The predicted octanol–water partition coefficient (Wildman–Crippen LogP) is 4.65. The van der Waals surface area contributed by atoms with Crippen molar-refractivity contribution in [2.75, 3.05) is 44.2 Å². The van der Waals surface area contributed by atoms with Gasteiger partial charge in [0.15, 0.2) is 0 Å². The third-order valence-electron chi connectivity index (χ3n) is 8.24. The van der Waals surface area contributed by atoms with Crippen molar-refractivity contribution >= 4 is 17.1 Å². The van der Waals surface area contributed by atoms with E-state index in [-0.39, 0.29) is 0 Å². The Labute approximate surface area is 208 Å². The summed E-state index contributed by atoms with van der Waals surface area (Å²) in [5.74, 6) is 1.30.